The number of likely N-dealkylation sites (N-methyl/N-ethyl adjacent to an activating group) is 1. The molecular formula is C56H109N2O6P. The molecule has 3 unspecified atom stereocenters. The number of hydrogen-bond donors (Lipinski definition) is 2. The summed E-state index contributed by atoms with van der Waals surface area (Å²) in [4.78, 5) is 25.3. The first-order chi connectivity index (χ1) is 31.5. The maximum absolute atomic E-state index is 12.9. The Morgan fingerprint density at radius 2 is 0.862 bits per heavy atom. The summed E-state index contributed by atoms with van der Waals surface area (Å²) in [6.07, 6.45) is 61.0. The molecule has 0 aliphatic heterocycles. The molecule has 3 atom stereocenters. The maximum Gasteiger partial charge on any atom is 0.268 e. The van der Waals surface area contributed by atoms with Gasteiger partial charge in [0.1, 0.15) is 13.2 Å². The van der Waals surface area contributed by atoms with E-state index in [1.807, 2.05) is 27.2 Å². The number of phosphoric acid groups is 1. The molecule has 384 valence electrons. The lowest BCUT2D eigenvalue weighted by Crippen LogP contribution is -2.45. The standard InChI is InChI=1S/C56H109N2O6P/c1-6-8-10-12-14-16-18-20-21-22-23-24-25-26-27-28-29-30-31-32-33-34-35-36-37-38-39-41-43-45-47-49-55(59)54(53-64-65(61,62)63-52-51-58(3,4)5)57-56(60)50-48-46-44-42-40-19-17-15-13-11-9-7-2/h15,17,39,41,47,49,54-55,59H,6-14,16,18-38,40,42-46,48,50-53H2,1-5H3,(H-,57,60,61,62)/b17-15-,41-39+,49-47+. The second kappa shape index (κ2) is 47.8. The van der Waals surface area contributed by atoms with Gasteiger partial charge in [0.15, 0.2) is 0 Å². The molecule has 0 aliphatic rings. The molecule has 0 aromatic rings. The fourth-order valence-corrected chi connectivity index (χ4v) is 8.89. The Morgan fingerprint density at radius 3 is 1.28 bits per heavy atom. The van der Waals surface area contributed by atoms with Crippen LogP contribution in [0.5, 0.6) is 0 Å². The van der Waals surface area contributed by atoms with E-state index in [1.54, 1.807) is 6.08 Å². The average Bonchev–Trinajstić information content (AvgIpc) is 3.26. The molecule has 0 fully saturated rings. The van der Waals surface area contributed by atoms with Crippen molar-refractivity contribution in [1.29, 1.82) is 0 Å². The molecule has 1 amide bonds. The number of aliphatic hydroxyl groups excluding tert-OH is 1. The summed E-state index contributed by atoms with van der Waals surface area (Å²) in [5, 5.41) is 13.8. The Balaban J connectivity index is 4.11. The van der Waals surface area contributed by atoms with Crippen molar-refractivity contribution in [1.82, 2.24) is 5.32 Å². The zero-order chi connectivity index (χ0) is 47.8. The largest absolute Gasteiger partial charge is 0.756 e. The number of carbonyl (C=O) groups is 1. The van der Waals surface area contributed by atoms with Crippen molar-refractivity contribution in [3.8, 4) is 0 Å². The lowest BCUT2D eigenvalue weighted by Gasteiger charge is -2.29. The summed E-state index contributed by atoms with van der Waals surface area (Å²) in [7, 11) is 1.24. The SMILES string of the molecule is CCCCC/C=C\CCCCCCCC(=O)NC(COP(=O)([O-])OCC[N+](C)(C)C)C(O)/C=C/CC/C=C/CCCCCCCCCCCCCCCCCCCCCCCCCCC. The van der Waals surface area contributed by atoms with Crippen LogP contribution in [0.4, 0.5) is 0 Å². The fraction of sp³-hybridized carbons (Fsp3) is 0.875. The van der Waals surface area contributed by atoms with Crippen molar-refractivity contribution < 1.29 is 32.9 Å². The monoisotopic (exact) mass is 937 g/mol. The topological polar surface area (TPSA) is 108 Å². The van der Waals surface area contributed by atoms with E-state index < -0.39 is 26.6 Å². The first-order valence-corrected chi connectivity index (χ1v) is 29.3. The highest BCUT2D eigenvalue weighted by atomic mass is 31.2. The van der Waals surface area contributed by atoms with Crippen LogP contribution in [0.2, 0.25) is 0 Å². The van der Waals surface area contributed by atoms with Crippen LogP contribution in [0, 0.1) is 0 Å². The summed E-state index contributed by atoms with van der Waals surface area (Å²) in [6.45, 7) is 4.61. The van der Waals surface area contributed by atoms with E-state index >= 15 is 0 Å². The van der Waals surface area contributed by atoms with E-state index in [-0.39, 0.29) is 12.5 Å². The molecule has 0 saturated carbocycles. The zero-order valence-corrected chi connectivity index (χ0v) is 44.6. The predicted octanol–water partition coefficient (Wildman–Crippen LogP) is 16.0. The van der Waals surface area contributed by atoms with Crippen LogP contribution >= 0.6 is 7.82 Å². The third-order valence-electron chi connectivity index (χ3n) is 12.6. The molecule has 65 heavy (non-hydrogen) atoms. The molecule has 0 bridgehead atoms. The van der Waals surface area contributed by atoms with Crippen LogP contribution in [0.15, 0.2) is 36.5 Å². The van der Waals surface area contributed by atoms with Crippen molar-refractivity contribution in [2.24, 2.45) is 0 Å². The number of nitrogens with zero attached hydrogens (tertiary/aromatic N) is 1. The summed E-state index contributed by atoms with van der Waals surface area (Å²) < 4.78 is 23.2. The van der Waals surface area contributed by atoms with Crippen molar-refractivity contribution in [2.75, 3.05) is 40.9 Å². The number of quaternary nitrogens is 1. The van der Waals surface area contributed by atoms with Gasteiger partial charge < -0.3 is 28.8 Å². The van der Waals surface area contributed by atoms with E-state index in [0.29, 0.717) is 17.4 Å². The Morgan fingerprint density at radius 1 is 0.523 bits per heavy atom. The van der Waals surface area contributed by atoms with Crippen LogP contribution in [-0.4, -0.2) is 68.5 Å². The molecule has 0 aliphatic carbocycles. The van der Waals surface area contributed by atoms with Gasteiger partial charge in [-0.25, -0.2) is 0 Å². The summed E-state index contributed by atoms with van der Waals surface area (Å²) in [6, 6.07) is -0.906. The van der Waals surface area contributed by atoms with Crippen LogP contribution in [0.3, 0.4) is 0 Å². The van der Waals surface area contributed by atoms with Crippen LogP contribution in [0.25, 0.3) is 0 Å². The number of aliphatic hydroxyl groups is 1. The quantitative estimate of drug-likeness (QED) is 0.0272. The second-order valence-electron chi connectivity index (χ2n) is 20.3. The van der Waals surface area contributed by atoms with E-state index in [0.717, 1.165) is 57.8 Å². The van der Waals surface area contributed by atoms with Crippen molar-refractivity contribution in [2.45, 2.75) is 276 Å². The number of allylic oxidation sites excluding steroid dienone is 5. The summed E-state index contributed by atoms with van der Waals surface area (Å²) in [5.74, 6) is -0.216. The number of carbonyl (C=O) groups excluding carboxylic acids is 1. The summed E-state index contributed by atoms with van der Waals surface area (Å²) in [5.41, 5.74) is 0. The minimum atomic E-state index is -4.60. The Labute approximate surface area is 404 Å². The molecule has 0 aromatic heterocycles. The number of hydrogen-bond acceptors (Lipinski definition) is 6. The Hall–Kier alpha value is -1.28. The van der Waals surface area contributed by atoms with Gasteiger partial charge in [-0.1, -0.05) is 237 Å². The van der Waals surface area contributed by atoms with Gasteiger partial charge in [-0.3, -0.25) is 9.36 Å². The number of unbranched alkanes of at least 4 members (excludes halogenated alkanes) is 34. The van der Waals surface area contributed by atoms with Gasteiger partial charge in [0, 0.05) is 6.42 Å². The Bertz CT molecular complexity index is 1150. The minimum absolute atomic E-state index is 0.00773. The molecule has 0 heterocycles. The van der Waals surface area contributed by atoms with E-state index in [1.165, 1.54) is 186 Å². The van der Waals surface area contributed by atoms with Gasteiger partial charge in [-0.15, -0.1) is 0 Å². The molecule has 2 N–H and O–H groups in total. The predicted molar refractivity (Wildman–Crippen MR) is 279 cm³/mol. The molecular weight excluding hydrogens is 828 g/mol. The van der Waals surface area contributed by atoms with Crippen LogP contribution < -0.4 is 10.2 Å². The molecule has 0 aromatic carbocycles. The number of nitrogens with one attached hydrogen (secondary N) is 1. The highest BCUT2D eigenvalue weighted by Crippen LogP contribution is 2.38. The van der Waals surface area contributed by atoms with E-state index in [4.69, 9.17) is 9.05 Å². The first-order valence-electron chi connectivity index (χ1n) is 27.9. The van der Waals surface area contributed by atoms with E-state index in [2.05, 4.69) is 43.5 Å². The van der Waals surface area contributed by atoms with Crippen LogP contribution in [0.1, 0.15) is 264 Å². The number of phosphoric ester groups is 1. The first kappa shape index (κ1) is 63.7. The number of rotatable bonds is 51. The average molecular weight is 937 g/mol. The minimum Gasteiger partial charge on any atom is -0.756 e. The highest BCUT2D eigenvalue weighted by Gasteiger charge is 2.23. The fourth-order valence-electron chi connectivity index (χ4n) is 8.17. The third kappa shape index (κ3) is 50.4. The van der Waals surface area contributed by atoms with Gasteiger partial charge in [-0.2, -0.15) is 0 Å². The Kier molecular flexibility index (Phi) is 46.8. The van der Waals surface area contributed by atoms with Crippen molar-refractivity contribution in [3.05, 3.63) is 36.5 Å². The zero-order valence-electron chi connectivity index (χ0n) is 43.7. The lowest BCUT2D eigenvalue weighted by molar-refractivity contribution is -0.870. The molecule has 0 radical (unpaired) electrons. The van der Waals surface area contributed by atoms with Gasteiger partial charge in [-0.05, 0) is 57.8 Å². The van der Waals surface area contributed by atoms with Gasteiger partial charge in [0.25, 0.3) is 7.82 Å². The molecule has 0 saturated heterocycles. The maximum atomic E-state index is 12.9. The molecule has 8 nitrogen and oxygen atoms in total. The van der Waals surface area contributed by atoms with Gasteiger partial charge in [0.05, 0.1) is 39.9 Å². The number of amides is 1. The molecule has 0 spiro atoms. The third-order valence-corrected chi connectivity index (χ3v) is 13.5. The van der Waals surface area contributed by atoms with Crippen molar-refractivity contribution >= 4 is 13.7 Å². The second-order valence-corrected chi connectivity index (χ2v) is 21.7. The highest BCUT2D eigenvalue weighted by molar-refractivity contribution is 7.45. The lowest BCUT2D eigenvalue weighted by atomic mass is 10.0. The normalized spacial score (nSPS) is 14.3. The van der Waals surface area contributed by atoms with Gasteiger partial charge in [0.2, 0.25) is 5.91 Å². The van der Waals surface area contributed by atoms with Crippen LogP contribution in [-0.2, 0) is 18.4 Å². The molecule has 9 heteroatoms. The van der Waals surface area contributed by atoms with E-state index in [9.17, 15) is 19.4 Å². The van der Waals surface area contributed by atoms with Gasteiger partial charge >= 0.3 is 0 Å². The van der Waals surface area contributed by atoms with Crippen molar-refractivity contribution in [3.63, 3.8) is 0 Å². The molecule has 0 rings (SSSR count). The summed E-state index contributed by atoms with van der Waals surface area (Å²) >= 11 is 0. The smallest absolute Gasteiger partial charge is 0.268 e.